The van der Waals surface area contributed by atoms with Crippen molar-refractivity contribution in [3.05, 3.63) is 35.7 Å². The number of hydrogen-bond donors (Lipinski definition) is 1. The second-order valence-electron chi connectivity index (χ2n) is 3.88. The second-order valence-corrected chi connectivity index (χ2v) is 3.88. The van der Waals surface area contributed by atoms with Gasteiger partial charge in [0.2, 0.25) is 5.88 Å². The van der Waals surface area contributed by atoms with Gasteiger partial charge in [0, 0.05) is 6.07 Å². The largest absolute Gasteiger partial charge is 0.497 e. The lowest BCUT2D eigenvalue weighted by molar-refractivity contribution is 0.112. The first kappa shape index (κ1) is 12.8. The van der Waals surface area contributed by atoms with Gasteiger partial charge in [0.25, 0.3) is 0 Å². The Morgan fingerprint density at radius 1 is 1.21 bits per heavy atom. The van der Waals surface area contributed by atoms with Crippen molar-refractivity contribution in [3.8, 4) is 17.4 Å². The van der Waals surface area contributed by atoms with Crippen LogP contribution in [0.3, 0.4) is 0 Å². The van der Waals surface area contributed by atoms with Gasteiger partial charge in [-0.2, -0.15) is 0 Å². The molecule has 1 aromatic heterocycles. The van der Waals surface area contributed by atoms with E-state index in [2.05, 4.69) is 9.97 Å². The summed E-state index contributed by atoms with van der Waals surface area (Å²) in [4.78, 5) is 18.6. The van der Waals surface area contributed by atoms with Gasteiger partial charge in [-0.05, 0) is 24.6 Å². The van der Waals surface area contributed by atoms with Gasteiger partial charge >= 0.3 is 0 Å². The van der Waals surface area contributed by atoms with Crippen LogP contribution in [0.2, 0.25) is 0 Å². The highest BCUT2D eigenvalue weighted by molar-refractivity contribution is 5.84. The lowest BCUT2D eigenvalue weighted by atomic mass is 10.2. The first-order valence-electron chi connectivity index (χ1n) is 5.53. The SMILES string of the molecule is COc1cc(C)cc(Oc2ncnc(N)c2C=O)c1. The fourth-order valence-corrected chi connectivity index (χ4v) is 1.59. The molecule has 1 aromatic carbocycles. The van der Waals surface area contributed by atoms with Gasteiger partial charge in [-0.25, -0.2) is 9.97 Å². The Labute approximate surface area is 110 Å². The van der Waals surface area contributed by atoms with Crippen LogP contribution in [0.5, 0.6) is 17.4 Å². The van der Waals surface area contributed by atoms with Crippen molar-refractivity contribution in [1.29, 1.82) is 0 Å². The lowest BCUT2D eigenvalue weighted by Gasteiger charge is -2.09. The number of nitrogens with two attached hydrogens (primary N) is 1. The maximum absolute atomic E-state index is 11.0. The number of carbonyl (C=O) groups excluding carboxylic acids is 1. The molecule has 0 saturated carbocycles. The number of carbonyl (C=O) groups is 1. The molecule has 0 fully saturated rings. The van der Waals surface area contributed by atoms with Crippen LogP contribution < -0.4 is 15.2 Å². The van der Waals surface area contributed by atoms with Crippen molar-refractivity contribution in [2.24, 2.45) is 0 Å². The molecule has 0 aliphatic rings. The van der Waals surface area contributed by atoms with Crippen LogP contribution in [-0.2, 0) is 0 Å². The number of benzene rings is 1. The van der Waals surface area contributed by atoms with Gasteiger partial charge < -0.3 is 15.2 Å². The average Bonchev–Trinajstić information content (AvgIpc) is 2.38. The minimum Gasteiger partial charge on any atom is -0.497 e. The van der Waals surface area contributed by atoms with E-state index in [1.165, 1.54) is 6.33 Å². The van der Waals surface area contributed by atoms with Gasteiger partial charge in [-0.15, -0.1) is 0 Å². The molecule has 2 rings (SSSR count). The van der Waals surface area contributed by atoms with Gasteiger partial charge in [0.05, 0.1) is 7.11 Å². The maximum Gasteiger partial charge on any atom is 0.235 e. The van der Waals surface area contributed by atoms with E-state index in [1.807, 2.05) is 13.0 Å². The van der Waals surface area contributed by atoms with Gasteiger partial charge in [0.1, 0.15) is 29.2 Å². The Balaban J connectivity index is 2.38. The van der Waals surface area contributed by atoms with E-state index in [9.17, 15) is 4.79 Å². The summed E-state index contributed by atoms with van der Waals surface area (Å²) >= 11 is 0. The standard InChI is InChI=1S/C13H13N3O3/c1-8-3-9(18-2)5-10(4-8)19-13-11(6-17)12(14)15-7-16-13/h3-7H,1-2H3,(H2,14,15,16). The zero-order valence-corrected chi connectivity index (χ0v) is 10.6. The predicted molar refractivity (Wildman–Crippen MR) is 69.6 cm³/mol. The number of nitrogen functional groups attached to an aromatic ring is 1. The molecular weight excluding hydrogens is 246 g/mol. The molecule has 0 bridgehead atoms. The van der Waals surface area contributed by atoms with Crippen molar-refractivity contribution in [1.82, 2.24) is 9.97 Å². The van der Waals surface area contributed by atoms with Crippen LogP contribution in [0.4, 0.5) is 5.82 Å². The monoisotopic (exact) mass is 259 g/mol. The van der Waals surface area contributed by atoms with E-state index in [1.54, 1.807) is 19.2 Å². The van der Waals surface area contributed by atoms with Crippen LogP contribution >= 0.6 is 0 Å². The normalized spacial score (nSPS) is 10.0. The molecule has 1 heterocycles. The molecule has 2 N–H and O–H groups in total. The number of ether oxygens (including phenoxy) is 2. The van der Waals surface area contributed by atoms with Crippen molar-refractivity contribution in [2.75, 3.05) is 12.8 Å². The van der Waals surface area contributed by atoms with Crippen LogP contribution in [0.25, 0.3) is 0 Å². The highest BCUT2D eigenvalue weighted by Crippen LogP contribution is 2.28. The summed E-state index contributed by atoms with van der Waals surface area (Å²) in [7, 11) is 1.57. The minimum atomic E-state index is 0.0830. The molecule has 0 amide bonds. The summed E-state index contributed by atoms with van der Waals surface area (Å²) in [5.74, 6) is 1.37. The number of methoxy groups -OCH3 is 1. The number of rotatable bonds is 4. The van der Waals surface area contributed by atoms with Crippen molar-refractivity contribution < 1.29 is 14.3 Å². The van der Waals surface area contributed by atoms with Crippen LogP contribution in [0.15, 0.2) is 24.5 Å². The first-order valence-corrected chi connectivity index (χ1v) is 5.53. The molecule has 0 aliphatic heterocycles. The first-order chi connectivity index (χ1) is 9.13. The van der Waals surface area contributed by atoms with Crippen LogP contribution in [-0.4, -0.2) is 23.4 Å². The lowest BCUT2D eigenvalue weighted by Crippen LogP contribution is -2.02. The summed E-state index contributed by atoms with van der Waals surface area (Å²) < 4.78 is 10.7. The maximum atomic E-state index is 11.0. The van der Waals surface area contributed by atoms with E-state index in [0.29, 0.717) is 17.8 Å². The number of aromatic nitrogens is 2. The summed E-state index contributed by atoms with van der Waals surface area (Å²) in [5, 5.41) is 0. The van der Waals surface area contributed by atoms with Crippen LogP contribution in [0.1, 0.15) is 15.9 Å². The molecule has 6 nitrogen and oxygen atoms in total. The number of aryl methyl sites for hydroxylation is 1. The number of aldehydes is 1. The van der Waals surface area contributed by atoms with E-state index < -0.39 is 0 Å². The van der Waals surface area contributed by atoms with Crippen molar-refractivity contribution in [3.63, 3.8) is 0 Å². The Morgan fingerprint density at radius 3 is 2.63 bits per heavy atom. The fourth-order valence-electron chi connectivity index (χ4n) is 1.59. The van der Waals surface area contributed by atoms with E-state index >= 15 is 0 Å². The number of hydrogen-bond acceptors (Lipinski definition) is 6. The Kier molecular flexibility index (Phi) is 3.61. The molecule has 6 heteroatoms. The highest BCUT2D eigenvalue weighted by atomic mass is 16.5. The quantitative estimate of drug-likeness (QED) is 0.845. The van der Waals surface area contributed by atoms with Crippen molar-refractivity contribution >= 4 is 12.1 Å². The van der Waals surface area contributed by atoms with Crippen LogP contribution in [0, 0.1) is 6.92 Å². The molecule has 0 atom stereocenters. The number of nitrogens with zero attached hydrogens (tertiary/aromatic N) is 2. The summed E-state index contributed by atoms with van der Waals surface area (Å²) in [6.07, 6.45) is 1.81. The van der Waals surface area contributed by atoms with Gasteiger partial charge in [-0.1, -0.05) is 0 Å². The fraction of sp³-hybridized carbons (Fsp3) is 0.154. The summed E-state index contributed by atoms with van der Waals surface area (Å²) in [6.45, 7) is 1.91. The van der Waals surface area contributed by atoms with E-state index in [-0.39, 0.29) is 17.3 Å². The van der Waals surface area contributed by atoms with E-state index in [0.717, 1.165) is 5.56 Å². The Hall–Kier alpha value is -2.63. The molecule has 0 saturated heterocycles. The molecule has 2 aromatic rings. The van der Waals surface area contributed by atoms with E-state index in [4.69, 9.17) is 15.2 Å². The summed E-state index contributed by atoms with van der Waals surface area (Å²) in [6, 6.07) is 5.36. The Morgan fingerprint density at radius 2 is 1.95 bits per heavy atom. The van der Waals surface area contributed by atoms with Gasteiger partial charge in [0.15, 0.2) is 6.29 Å². The molecule has 0 unspecified atom stereocenters. The summed E-state index contributed by atoms with van der Waals surface area (Å²) in [5.41, 5.74) is 6.67. The third-order valence-corrected chi connectivity index (χ3v) is 2.47. The molecule has 98 valence electrons. The van der Waals surface area contributed by atoms with Crippen molar-refractivity contribution in [2.45, 2.75) is 6.92 Å². The number of anilines is 1. The molecule has 0 aliphatic carbocycles. The zero-order valence-electron chi connectivity index (χ0n) is 10.6. The van der Waals surface area contributed by atoms with Gasteiger partial charge in [-0.3, -0.25) is 4.79 Å². The molecular formula is C13H13N3O3. The smallest absolute Gasteiger partial charge is 0.235 e. The minimum absolute atomic E-state index is 0.0830. The molecule has 0 spiro atoms. The molecule has 0 radical (unpaired) electrons. The second kappa shape index (κ2) is 5.34. The average molecular weight is 259 g/mol. The zero-order chi connectivity index (χ0) is 13.8. The topological polar surface area (TPSA) is 87.3 Å². The predicted octanol–water partition coefficient (Wildman–Crippen LogP) is 1.98. The molecule has 19 heavy (non-hydrogen) atoms. The highest BCUT2D eigenvalue weighted by Gasteiger charge is 2.11. The third-order valence-electron chi connectivity index (χ3n) is 2.47. The third kappa shape index (κ3) is 2.79. The Bertz CT molecular complexity index is 614.